The van der Waals surface area contributed by atoms with Crippen LogP contribution < -0.4 is 10.2 Å². The first-order chi connectivity index (χ1) is 13.2. The second kappa shape index (κ2) is 8.06. The first kappa shape index (κ1) is 17.9. The fourth-order valence-corrected chi connectivity index (χ4v) is 4.15. The molecule has 0 bridgehead atoms. The van der Waals surface area contributed by atoms with Gasteiger partial charge in [0.05, 0.1) is 25.5 Å². The fraction of sp³-hybridized carbons (Fsp3) is 0.421. The second-order valence-corrected chi connectivity index (χ2v) is 7.50. The topological polar surface area (TPSA) is 74.8 Å². The van der Waals surface area contributed by atoms with Crippen molar-refractivity contribution in [2.45, 2.75) is 12.8 Å². The number of hydrogen-bond acceptors (Lipinski definition) is 6. The quantitative estimate of drug-likeness (QED) is 0.853. The van der Waals surface area contributed by atoms with Crippen molar-refractivity contribution in [2.75, 3.05) is 49.6 Å². The summed E-state index contributed by atoms with van der Waals surface area (Å²) in [5, 5.41) is 5.92. The van der Waals surface area contributed by atoms with E-state index in [0.29, 0.717) is 13.0 Å². The SMILES string of the molecule is O=C(CN1CCCC1=O)Nc1ccc(-c2csc(N3CCOCC3)n2)cc1. The molecular weight excluding hydrogens is 364 g/mol. The maximum atomic E-state index is 12.1. The first-order valence-corrected chi connectivity index (χ1v) is 10.0. The molecular formula is C19H22N4O3S. The molecule has 3 heterocycles. The summed E-state index contributed by atoms with van der Waals surface area (Å²) in [6.45, 7) is 4.02. The molecule has 1 aromatic carbocycles. The van der Waals surface area contributed by atoms with Crippen LogP contribution in [0.5, 0.6) is 0 Å². The molecule has 7 nitrogen and oxygen atoms in total. The lowest BCUT2D eigenvalue weighted by Gasteiger charge is -2.26. The Morgan fingerprint density at radius 2 is 1.96 bits per heavy atom. The summed E-state index contributed by atoms with van der Waals surface area (Å²) in [6.07, 6.45) is 1.38. The first-order valence-electron chi connectivity index (χ1n) is 9.15. The molecule has 1 aromatic heterocycles. The highest BCUT2D eigenvalue weighted by atomic mass is 32.1. The molecule has 0 spiro atoms. The molecule has 2 amide bonds. The zero-order valence-electron chi connectivity index (χ0n) is 15.0. The summed E-state index contributed by atoms with van der Waals surface area (Å²) in [7, 11) is 0. The Labute approximate surface area is 161 Å². The van der Waals surface area contributed by atoms with Crippen LogP contribution in [-0.4, -0.2) is 61.1 Å². The van der Waals surface area contributed by atoms with Gasteiger partial charge < -0.3 is 19.9 Å². The van der Waals surface area contributed by atoms with Crippen LogP contribution in [0.2, 0.25) is 0 Å². The average Bonchev–Trinajstić information content (AvgIpc) is 3.33. The van der Waals surface area contributed by atoms with Crippen molar-refractivity contribution in [1.82, 2.24) is 9.88 Å². The van der Waals surface area contributed by atoms with Crippen LogP contribution in [0, 0.1) is 0 Å². The van der Waals surface area contributed by atoms with E-state index in [2.05, 4.69) is 15.6 Å². The van der Waals surface area contributed by atoms with Gasteiger partial charge in [0.1, 0.15) is 0 Å². The summed E-state index contributed by atoms with van der Waals surface area (Å²) in [5.41, 5.74) is 2.67. The summed E-state index contributed by atoms with van der Waals surface area (Å²) in [4.78, 5) is 32.3. The van der Waals surface area contributed by atoms with Gasteiger partial charge in [-0.2, -0.15) is 0 Å². The number of ether oxygens (including phenoxy) is 1. The molecule has 2 aromatic rings. The Hall–Kier alpha value is -2.45. The van der Waals surface area contributed by atoms with Crippen LogP contribution >= 0.6 is 11.3 Å². The maximum absolute atomic E-state index is 12.1. The molecule has 142 valence electrons. The van der Waals surface area contributed by atoms with Gasteiger partial charge in [-0.25, -0.2) is 4.98 Å². The number of carbonyl (C=O) groups is 2. The summed E-state index contributed by atoms with van der Waals surface area (Å²) < 4.78 is 5.38. The van der Waals surface area contributed by atoms with E-state index in [1.54, 1.807) is 16.2 Å². The Morgan fingerprint density at radius 3 is 2.67 bits per heavy atom. The Morgan fingerprint density at radius 1 is 1.19 bits per heavy atom. The van der Waals surface area contributed by atoms with Crippen molar-refractivity contribution >= 4 is 34.0 Å². The van der Waals surface area contributed by atoms with Crippen LogP contribution in [0.4, 0.5) is 10.8 Å². The molecule has 2 saturated heterocycles. The Kier molecular flexibility index (Phi) is 5.35. The Balaban J connectivity index is 1.36. The van der Waals surface area contributed by atoms with E-state index in [1.165, 1.54) is 0 Å². The molecule has 1 N–H and O–H groups in total. The van der Waals surface area contributed by atoms with E-state index < -0.39 is 0 Å². The zero-order valence-corrected chi connectivity index (χ0v) is 15.8. The van der Waals surface area contributed by atoms with Crippen molar-refractivity contribution in [2.24, 2.45) is 0 Å². The summed E-state index contributed by atoms with van der Waals surface area (Å²) in [6, 6.07) is 7.64. The predicted octanol–water partition coefficient (Wildman–Crippen LogP) is 2.21. The zero-order chi connectivity index (χ0) is 18.6. The summed E-state index contributed by atoms with van der Waals surface area (Å²) in [5.74, 6) is -0.110. The molecule has 4 rings (SSSR count). The molecule has 2 aliphatic rings. The highest BCUT2D eigenvalue weighted by Crippen LogP contribution is 2.28. The molecule has 27 heavy (non-hydrogen) atoms. The number of hydrogen-bond donors (Lipinski definition) is 1. The van der Waals surface area contributed by atoms with Gasteiger partial charge in [0, 0.05) is 42.7 Å². The normalized spacial score (nSPS) is 17.4. The number of amides is 2. The lowest BCUT2D eigenvalue weighted by molar-refractivity contribution is -0.131. The highest BCUT2D eigenvalue weighted by molar-refractivity contribution is 7.14. The average molecular weight is 386 g/mol. The van der Waals surface area contributed by atoms with Crippen molar-refractivity contribution < 1.29 is 14.3 Å². The molecule has 0 aliphatic carbocycles. The Bertz CT molecular complexity index is 815. The number of nitrogens with one attached hydrogen (secondary N) is 1. The number of aromatic nitrogens is 1. The third-order valence-electron chi connectivity index (χ3n) is 4.74. The van der Waals surface area contributed by atoms with Crippen LogP contribution in [0.1, 0.15) is 12.8 Å². The number of benzene rings is 1. The van der Waals surface area contributed by atoms with Gasteiger partial charge in [-0.05, 0) is 18.6 Å². The van der Waals surface area contributed by atoms with Gasteiger partial charge in [-0.15, -0.1) is 11.3 Å². The number of nitrogens with zero attached hydrogens (tertiary/aromatic N) is 3. The van der Waals surface area contributed by atoms with Crippen LogP contribution in [0.3, 0.4) is 0 Å². The number of morpholine rings is 1. The molecule has 2 aliphatic heterocycles. The number of likely N-dealkylation sites (tertiary alicyclic amines) is 1. The third-order valence-corrected chi connectivity index (χ3v) is 5.65. The van der Waals surface area contributed by atoms with E-state index in [-0.39, 0.29) is 18.4 Å². The molecule has 0 saturated carbocycles. The lowest BCUT2D eigenvalue weighted by Crippen LogP contribution is -2.36. The lowest BCUT2D eigenvalue weighted by atomic mass is 10.1. The van der Waals surface area contributed by atoms with E-state index in [1.807, 2.05) is 24.3 Å². The highest BCUT2D eigenvalue weighted by Gasteiger charge is 2.22. The van der Waals surface area contributed by atoms with Gasteiger partial charge in [-0.1, -0.05) is 12.1 Å². The molecule has 0 atom stereocenters. The monoisotopic (exact) mass is 386 g/mol. The number of thiazole rings is 1. The van der Waals surface area contributed by atoms with Gasteiger partial charge in [0.15, 0.2) is 5.13 Å². The number of carbonyl (C=O) groups excluding carboxylic acids is 2. The van der Waals surface area contributed by atoms with Crippen molar-refractivity contribution in [3.05, 3.63) is 29.6 Å². The van der Waals surface area contributed by atoms with Crippen LogP contribution in [0.25, 0.3) is 11.3 Å². The minimum absolute atomic E-state index is 0.0557. The van der Waals surface area contributed by atoms with E-state index in [0.717, 1.165) is 54.8 Å². The molecule has 8 heteroatoms. The maximum Gasteiger partial charge on any atom is 0.243 e. The minimum atomic E-state index is -0.165. The van der Waals surface area contributed by atoms with E-state index >= 15 is 0 Å². The minimum Gasteiger partial charge on any atom is -0.378 e. The van der Waals surface area contributed by atoms with Crippen molar-refractivity contribution in [3.8, 4) is 11.3 Å². The second-order valence-electron chi connectivity index (χ2n) is 6.66. The van der Waals surface area contributed by atoms with Gasteiger partial charge >= 0.3 is 0 Å². The van der Waals surface area contributed by atoms with Gasteiger partial charge in [0.2, 0.25) is 11.8 Å². The van der Waals surface area contributed by atoms with Crippen molar-refractivity contribution in [1.29, 1.82) is 0 Å². The van der Waals surface area contributed by atoms with Crippen LogP contribution in [-0.2, 0) is 14.3 Å². The standard InChI is InChI=1S/C19H22N4O3S/c24-17(12-23-7-1-2-18(23)25)20-15-5-3-14(4-6-15)16-13-27-19(21-16)22-8-10-26-11-9-22/h3-6,13H,1-2,7-12H2,(H,20,24). The van der Waals surface area contributed by atoms with E-state index in [4.69, 9.17) is 9.72 Å². The number of anilines is 2. The smallest absolute Gasteiger partial charge is 0.243 e. The van der Waals surface area contributed by atoms with Crippen LogP contribution in [0.15, 0.2) is 29.6 Å². The summed E-state index contributed by atoms with van der Waals surface area (Å²) >= 11 is 1.64. The predicted molar refractivity (Wildman–Crippen MR) is 105 cm³/mol. The third kappa shape index (κ3) is 4.28. The largest absolute Gasteiger partial charge is 0.378 e. The van der Waals surface area contributed by atoms with E-state index in [9.17, 15) is 9.59 Å². The fourth-order valence-electron chi connectivity index (χ4n) is 3.27. The van der Waals surface area contributed by atoms with Crippen molar-refractivity contribution in [3.63, 3.8) is 0 Å². The molecule has 0 unspecified atom stereocenters. The van der Waals surface area contributed by atoms with Gasteiger partial charge in [0.25, 0.3) is 0 Å². The van der Waals surface area contributed by atoms with Gasteiger partial charge in [-0.3, -0.25) is 9.59 Å². The molecule has 2 fully saturated rings. The molecule has 0 radical (unpaired) electrons. The number of rotatable bonds is 5.